The lowest BCUT2D eigenvalue weighted by molar-refractivity contribution is -0.130. The lowest BCUT2D eigenvalue weighted by Gasteiger charge is -2.36. The van der Waals surface area contributed by atoms with E-state index in [1.807, 2.05) is 21.9 Å². The number of nitrogens with zero attached hydrogens (tertiary/aromatic N) is 4. The van der Waals surface area contributed by atoms with E-state index in [0.29, 0.717) is 12.5 Å². The van der Waals surface area contributed by atoms with Gasteiger partial charge in [0.2, 0.25) is 5.91 Å². The normalized spacial score (nSPS) is 16.7. The smallest absolute Gasteiger partial charge is 0.244 e. The lowest BCUT2D eigenvalue weighted by Crippen LogP contribution is -2.51. The van der Waals surface area contributed by atoms with Crippen LogP contribution in [0.15, 0.2) is 53.5 Å². The molecule has 4 rings (SSSR count). The molecule has 8 heteroatoms. The SMILES string of the molecule is I.NC(=NCC(=O)N1CCc2ccccc2C1)N1CCN(c2ccc(F)cc2)CC1. The summed E-state index contributed by atoms with van der Waals surface area (Å²) in [5.41, 5.74) is 9.67. The predicted molar refractivity (Wildman–Crippen MR) is 128 cm³/mol. The molecule has 2 aliphatic rings. The molecule has 1 fully saturated rings. The molecule has 2 aromatic rings. The molecule has 30 heavy (non-hydrogen) atoms. The van der Waals surface area contributed by atoms with Gasteiger partial charge in [-0.3, -0.25) is 4.79 Å². The van der Waals surface area contributed by atoms with Gasteiger partial charge in [0, 0.05) is 45.0 Å². The zero-order valence-corrected chi connectivity index (χ0v) is 19.2. The Balaban J connectivity index is 0.00000256. The van der Waals surface area contributed by atoms with Crippen LogP contribution < -0.4 is 10.6 Å². The Kier molecular flexibility index (Phi) is 7.52. The van der Waals surface area contributed by atoms with Crippen molar-refractivity contribution in [2.24, 2.45) is 10.7 Å². The van der Waals surface area contributed by atoms with Crippen molar-refractivity contribution in [3.05, 3.63) is 65.5 Å². The van der Waals surface area contributed by atoms with Crippen LogP contribution in [-0.4, -0.2) is 60.9 Å². The first kappa shape index (κ1) is 22.3. The number of amides is 1. The molecule has 2 heterocycles. The number of anilines is 1. The van der Waals surface area contributed by atoms with E-state index < -0.39 is 0 Å². The van der Waals surface area contributed by atoms with Crippen LogP contribution in [0.1, 0.15) is 11.1 Å². The second-order valence-corrected chi connectivity index (χ2v) is 7.46. The van der Waals surface area contributed by atoms with E-state index in [0.717, 1.165) is 44.8 Å². The molecule has 0 bridgehead atoms. The van der Waals surface area contributed by atoms with Gasteiger partial charge in [-0.05, 0) is 41.8 Å². The van der Waals surface area contributed by atoms with E-state index in [1.165, 1.54) is 23.3 Å². The van der Waals surface area contributed by atoms with Crippen LogP contribution in [0, 0.1) is 5.82 Å². The number of nitrogens with two attached hydrogens (primary N) is 1. The Hall–Kier alpha value is -2.36. The number of carbonyl (C=O) groups is 1. The number of rotatable bonds is 3. The Morgan fingerprint density at radius 1 is 0.933 bits per heavy atom. The Morgan fingerprint density at radius 3 is 2.30 bits per heavy atom. The third-order valence-electron chi connectivity index (χ3n) is 5.66. The van der Waals surface area contributed by atoms with Gasteiger partial charge in [-0.25, -0.2) is 9.38 Å². The summed E-state index contributed by atoms with van der Waals surface area (Å²) in [4.78, 5) is 23.0. The molecule has 6 nitrogen and oxygen atoms in total. The summed E-state index contributed by atoms with van der Waals surface area (Å²) in [7, 11) is 0. The van der Waals surface area contributed by atoms with Crippen LogP contribution in [0.25, 0.3) is 0 Å². The third kappa shape index (κ3) is 5.21. The maximum Gasteiger partial charge on any atom is 0.244 e. The molecule has 1 saturated heterocycles. The maximum absolute atomic E-state index is 13.1. The van der Waals surface area contributed by atoms with Gasteiger partial charge in [0.15, 0.2) is 5.96 Å². The van der Waals surface area contributed by atoms with Crippen molar-refractivity contribution >= 4 is 41.5 Å². The Morgan fingerprint density at radius 2 is 1.60 bits per heavy atom. The molecule has 0 saturated carbocycles. The molecule has 0 aliphatic carbocycles. The largest absolute Gasteiger partial charge is 0.370 e. The number of aliphatic imine (C=N–C) groups is 1. The highest BCUT2D eigenvalue weighted by atomic mass is 127. The van der Waals surface area contributed by atoms with Crippen LogP contribution in [0.5, 0.6) is 0 Å². The first-order valence-corrected chi connectivity index (χ1v) is 10.00. The van der Waals surface area contributed by atoms with Gasteiger partial charge in [-0.1, -0.05) is 24.3 Å². The number of piperazine rings is 1. The van der Waals surface area contributed by atoms with Gasteiger partial charge in [-0.2, -0.15) is 0 Å². The molecular weight excluding hydrogens is 496 g/mol. The maximum atomic E-state index is 13.1. The molecule has 2 aliphatic heterocycles. The lowest BCUT2D eigenvalue weighted by atomic mass is 10.00. The predicted octanol–water partition coefficient (Wildman–Crippen LogP) is 2.47. The summed E-state index contributed by atoms with van der Waals surface area (Å²) < 4.78 is 13.1. The minimum Gasteiger partial charge on any atom is -0.370 e. The molecule has 0 atom stereocenters. The summed E-state index contributed by atoms with van der Waals surface area (Å²) >= 11 is 0. The highest BCUT2D eigenvalue weighted by Gasteiger charge is 2.21. The number of benzene rings is 2. The molecule has 2 N–H and O–H groups in total. The zero-order chi connectivity index (χ0) is 20.2. The molecule has 160 valence electrons. The van der Waals surface area contributed by atoms with E-state index in [1.54, 1.807) is 12.1 Å². The molecule has 0 radical (unpaired) electrons. The quantitative estimate of drug-likeness (QED) is 0.382. The first-order valence-electron chi connectivity index (χ1n) is 10.00. The molecule has 1 amide bonds. The number of carbonyl (C=O) groups excluding carboxylic acids is 1. The van der Waals surface area contributed by atoms with E-state index in [9.17, 15) is 9.18 Å². The topological polar surface area (TPSA) is 65.2 Å². The van der Waals surface area contributed by atoms with Crippen LogP contribution in [0.3, 0.4) is 0 Å². The molecule has 0 unspecified atom stereocenters. The van der Waals surface area contributed by atoms with Crippen molar-refractivity contribution in [2.45, 2.75) is 13.0 Å². The first-order chi connectivity index (χ1) is 14.1. The second-order valence-electron chi connectivity index (χ2n) is 7.46. The van der Waals surface area contributed by atoms with Crippen LogP contribution in [0.4, 0.5) is 10.1 Å². The highest BCUT2D eigenvalue weighted by molar-refractivity contribution is 14.0. The standard InChI is InChI=1S/C22H26FN5O.HI/c23-19-5-7-20(8-6-19)26-11-13-27(14-12-26)22(24)25-15-21(29)28-10-9-17-3-1-2-4-18(17)16-28;/h1-8H,9-16H2,(H2,24,25);1H. The molecule has 0 spiro atoms. The van der Waals surface area contributed by atoms with Gasteiger partial charge in [0.1, 0.15) is 12.4 Å². The minimum atomic E-state index is -0.231. The average molecular weight is 523 g/mol. The number of fused-ring (bicyclic) bond motifs is 1. The molecule has 2 aromatic carbocycles. The van der Waals surface area contributed by atoms with Gasteiger partial charge in [0.05, 0.1) is 0 Å². The van der Waals surface area contributed by atoms with Crippen molar-refractivity contribution in [3.63, 3.8) is 0 Å². The summed E-state index contributed by atoms with van der Waals surface area (Å²) in [5, 5.41) is 0. The summed E-state index contributed by atoms with van der Waals surface area (Å²) in [6.07, 6.45) is 0.881. The van der Waals surface area contributed by atoms with Gasteiger partial charge < -0.3 is 20.4 Å². The Labute approximate surface area is 193 Å². The number of hydrogen-bond donors (Lipinski definition) is 1. The zero-order valence-electron chi connectivity index (χ0n) is 16.8. The van der Waals surface area contributed by atoms with Crippen molar-refractivity contribution in [1.29, 1.82) is 0 Å². The number of guanidine groups is 1. The summed E-state index contributed by atoms with van der Waals surface area (Å²) in [5.74, 6) is 0.188. The molecular formula is C22H27FIN5O. The fourth-order valence-corrected chi connectivity index (χ4v) is 3.90. The average Bonchev–Trinajstić information content (AvgIpc) is 2.77. The van der Waals surface area contributed by atoms with Crippen LogP contribution in [0.2, 0.25) is 0 Å². The summed E-state index contributed by atoms with van der Waals surface area (Å²) in [6, 6.07) is 14.8. The van der Waals surface area contributed by atoms with E-state index in [-0.39, 0.29) is 42.2 Å². The fourth-order valence-electron chi connectivity index (χ4n) is 3.90. The van der Waals surface area contributed by atoms with E-state index in [4.69, 9.17) is 5.73 Å². The molecule has 0 aromatic heterocycles. The van der Waals surface area contributed by atoms with E-state index in [2.05, 4.69) is 22.0 Å². The Bertz CT molecular complexity index is 897. The van der Waals surface area contributed by atoms with E-state index >= 15 is 0 Å². The van der Waals surface area contributed by atoms with Crippen molar-refractivity contribution in [3.8, 4) is 0 Å². The van der Waals surface area contributed by atoms with Crippen molar-refractivity contribution < 1.29 is 9.18 Å². The summed E-state index contributed by atoms with van der Waals surface area (Å²) in [6.45, 7) is 4.43. The number of hydrogen-bond acceptors (Lipinski definition) is 3. The van der Waals surface area contributed by atoms with Gasteiger partial charge in [-0.15, -0.1) is 24.0 Å². The third-order valence-corrected chi connectivity index (χ3v) is 5.66. The second kappa shape index (κ2) is 10.1. The fraction of sp³-hybridized carbons (Fsp3) is 0.364. The van der Waals surface area contributed by atoms with Crippen molar-refractivity contribution in [1.82, 2.24) is 9.80 Å². The highest BCUT2D eigenvalue weighted by Crippen LogP contribution is 2.19. The minimum absolute atomic E-state index is 0. The monoisotopic (exact) mass is 523 g/mol. The van der Waals surface area contributed by atoms with Crippen molar-refractivity contribution in [2.75, 3.05) is 44.2 Å². The number of halogens is 2. The van der Waals surface area contributed by atoms with Crippen LogP contribution >= 0.6 is 24.0 Å². The van der Waals surface area contributed by atoms with Gasteiger partial charge in [0.25, 0.3) is 0 Å². The van der Waals surface area contributed by atoms with Crippen LogP contribution in [-0.2, 0) is 17.8 Å². The van der Waals surface area contributed by atoms with Gasteiger partial charge >= 0.3 is 0 Å².